The highest BCUT2D eigenvalue weighted by molar-refractivity contribution is 5.91. The molecule has 3 atom stereocenters. The molecule has 7 nitrogen and oxygen atoms in total. The molecule has 2 heterocycles. The molecule has 0 aromatic heterocycles. The summed E-state index contributed by atoms with van der Waals surface area (Å²) in [5.74, 6) is 1.14. The van der Waals surface area contributed by atoms with Crippen LogP contribution < -0.4 is 14.8 Å². The van der Waals surface area contributed by atoms with Crippen LogP contribution in [0.1, 0.15) is 36.8 Å². The fourth-order valence-corrected chi connectivity index (χ4v) is 4.13. The summed E-state index contributed by atoms with van der Waals surface area (Å²) in [7, 11) is 0. The number of hydrogen-bond donors (Lipinski definition) is 2. The number of aliphatic hydroxyl groups excluding tert-OH is 1. The number of fused-ring (bicyclic) bond motifs is 1. The number of nitrogens with one attached hydrogen (secondary N) is 1. The summed E-state index contributed by atoms with van der Waals surface area (Å²) in [6, 6.07) is 15.5. The summed E-state index contributed by atoms with van der Waals surface area (Å²) in [4.78, 5) is 13.0. The molecular formula is C25H29NO6. The van der Waals surface area contributed by atoms with Crippen molar-refractivity contribution in [2.75, 3.05) is 20.0 Å². The fourth-order valence-electron chi connectivity index (χ4n) is 4.13. The van der Waals surface area contributed by atoms with Gasteiger partial charge in [-0.15, -0.1) is 0 Å². The number of allylic oxidation sites excluding steroid dienone is 1. The number of carbonyl (C=O) groups excluding carboxylic acids is 1. The smallest absolute Gasteiger partial charge is 0.286 e. The predicted octanol–water partition coefficient (Wildman–Crippen LogP) is 3.48. The molecule has 1 amide bonds. The highest BCUT2D eigenvalue weighted by Gasteiger charge is 2.38. The van der Waals surface area contributed by atoms with Gasteiger partial charge >= 0.3 is 0 Å². The molecule has 4 rings (SSSR count). The zero-order valence-corrected chi connectivity index (χ0v) is 18.2. The minimum Gasteiger partial charge on any atom is -0.459 e. The average Bonchev–Trinajstić information content (AvgIpc) is 3.30. The Kier molecular flexibility index (Phi) is 7.29. The third kappa shape index (κ3) is 5.06. The topological polar surface area (TPSA) is 86.3 Å². The first kappa shape index (κ1) is 22.2. The standard InChI is InChI=1S/C25H29NO6/c1-2-29-25-19(9-6-12-27)20(18-10-11-21-22(13-18)31-16-30-21)14-23(32-25)24(28)26-15-17-7-4-3-5-8-17/h3-5,7-8,10-11,13-14,19-20,25,27H,2,6,9,12,15-16H2,1H3,(H,26,28)/t19-,20-,25-/m1/s1. The van der Waals surface area contributed by atoms with Gasteiger partial charge in [0.25, 0.3) is 5.91 Å². The molecule has 0 spiro atoms. The molecule has 2 aliphatic rings. The number of hydrogen-bond acceptors (Lipinski definition) is 6. The van der Waals surface area contributed by atoms with Gasteiger partial charge in [-0.2, -0.15) is 0 Å². The van der Waals surface area contributed by atoms with Crippen LogP contribution >= 0.6 is 0 Å². The molecule has 0 unspecified atom stereocenters. The fraction of sp³-hybridized carbons (Fsp3) is 0.400. The largest absolute Gasteiger partial charge is 0.459 e. The Bertz CT molecular complexity index is 945. The Morgan fingerprint density at radius 1 is 1.16 bits per heavy atom. The second-order valence-corrected chi connectivity index (χ2v) is 7.81. The van der Waals surface area contributed by atoms with Crippen LogP contribution in [0.2, 0.25) is 0 Å². The second-order valence-electron chi connectivity index (χ2n) is 7.81. The lowest BCUT2D eigenvalue weighted by atomic mass is 9.80. The summed E-state index contributed by atoms with van der Waals surface area (Å²) in [6.07, 6.45) is 2.57. The van der Waals surface area contributed by atoms with E-state index in [2.05, 4.69) is 5.32 Å². The number of amides is 1. The van der Waals surface area contributed by atoms with Gasteiger partial charge in [-0.25, -0.2) is 0 Å². The summed E-state index contributed by atoms with van der Waals surface area (Å²) in [5.41, 5.74) is 1.99. The highest BCUT2D eigenvalue weighted by Crippen LogP contribution is 2.42. The Labute approximate surface area is 187 Å². The van der Waals surface area contributed by atoms with Crippen molar-refractivity contribution in [3.8, 4) is 11.5 Å². The van der Waals surface area contributed by atoms with Crippen LogP contribution in [0.5, 0.6) is 11.5 Å². The molecule has 2 aromatic carbocycles. The Morgan fingerprint density at radius 2 is 1.97 bits per heavy atom. The lowest BCUT2D eigenvalue weighted by Gasteiger charge is -2.37. The molecule has 0 saturated carbocycles. The van der Waals surface area contributed by atoms with Gasteiger partial charge in [-0.05, 0) is 49.1 Å². The Hall–Kier alpha value is -3.03. The molecule has 32 heavy (non-hydrogen) atoms. The minimum atomic E-state index is -0.593. The van der Waals surface area contributed by atoms with Crippen molar-refractivity contribution in [1.29, 1.82) is 0 Å². The van der Waals surface area contributed by atoms with Gasteiger partial charge in [0, 0.05) is 31.6 Å². The number of carbonyl (C=O) groups is 1. The minimum absolute atomic E-state index is 0.0619. The van der Waals surface area contributed by atoms with E-state index in [1.807, 2.05) is 61.5 Å². The summed E-state index contributed by atoms with van der Waals surface area (Å²) in [6.45, 7) is 3.03. The van der Waals surface area contributed by atoms with Crippen molar-refractivity contribution >= 4 is 5.91 Å². The number of benzene rings is 2. The van der Waals surface area contributed by atoms with Crippen LogP contribution in [0.15, 0.2) is 60.4 Å². The van der Waals surface area contributed by atoms with Crippen LogP contribution in [0.25, 0.3) is 0 Å². The average molecular weight is 440 g/mol. The van der Waals surface area contributed by atoms with Crippen molar-refractivity contribution in [3.05, 3.63) is 71.5 Å². The third-order valence-electron chi connectivity index (χ3n) is 5.71. The summed E-state index contributed by atoms with van der Waals surface area (Å²) >= 11 is 0. The van der Waals surface area contributed by atoms with Gasteiger partial charge in [0.1, 0.15) is 0 Å². The number of ether oxygens (including phenoxy) is 4. The van der Waals surface area contributed by atoms with Crippen LogP contribution in [-0.2, 0) is 20.8 Å². The van der Waals surface area contributed by atoms with Gasteiger partial charge in [-0.1, -0.05) is 36.4 Å². The zero-order chi connectivity index (χ0) is 22.3. The van der Waals surface area contributed by atoms with Crippen molar-refractivity contribution in [2.45, 2.75) is 38.5 Å². The van der Waals surface area contributed by atoms with E-state index in [1.165, 1.54) is 0 Å². The SMILES string of the molecule is CCO[C@@H]1OC(C(=O)NCc2ccccc2)=C[C@H](c2ccc3c(c2)OCO3)[C@H]1CCCO. The summed E-state index contributed by atoms with van der Waals surface area (Å²) in [5, 5.41) is 12.3. The molecule has 7 heteroatoms. The van der Waals surface area contributed by atoms with Gasteiger partial charge in [0.05, 0.1) is 0 Å². The normalized spacial score (nSPS) is 21.6. The molecule has 2 aromatic rings. The molecule has 0 bridgehead atoms. The molecule has 0 saturated heterocycles. The van der Waals surface area contributed by atoms with Crippen LogP contribution in [0.3, 0.4) is 0 Å². The van der Waals surface area contributed by atoms with Crippen molar-refractivity contribution in [3.63, 3.8) is 0 Å². The van der Waals surface area contributed by atoms with E-state index >= 15 is 0 Å². The maximum atomic E-state index is 13.0. The van der Waals surface area contributed by atoms with E-state index < -0.39 is 6.29 Å². The first-order chi connectivity index (χ1) is 15.7. The molecular weight excluding hydrogens is 410 g/mol. The molecule has 0 fully saturated rings. The Morgan fingerprint density at radius 3 is 2.75 bits per heavy atom. The van der Waals surface area contributed by atoms with Gasteiger partial charge in [0.15, 0.2) is 17.3 Å². The molecule has 2 aliphatic heterocycles. The predicted molar refractivity (Wildman–Crippen MR) is 118 cm³/mol. The van der Waals surface area contributed by atoms with E-state index in [0.717, 1.165) is 11.1 Å². The van der Waals surface area contributed by atoms with E-state index in [-0.39, 0.29) is 36.9 Å². The van der Waals surface area contributed by atoms with E-state index in [1.54, 1.807) is 0 Å². The van der Waals surface area contributed by atoms with Gasteiger partial charge < -0.3 is 29.4 Å². The lowest BCUT2D eigenvalue weighted by Crippen LogP contribution is -2.39. The van der Waals surface area contributed by atoms with Crippen molar-refractivity contribution in [2.24, 2.45) is 5.92 Å². The van der Waals surface area contributed by atoms with Gasteiger partial charge in [-0.3, -0.25) is 4.79 Å². The second kappa shape index (κ2) is 10.5. The van der Waals surface area contributed by atoms with E-state index in [4.69, 9.17) is 18.9 Å². The van der Waals surface area contributed by atoms with E-state index in [0.29, 0.717) is 37.5 Å². The zero-order valence-electron chi connectivity index (χ0n) is 18.2. The third-order valence-corrected chi connectivity index (χ3v) is 5.71. The summed E-state index contributed by atoms with van der Waals surface area (Å²) < 4.78 is 22.9. The lowest BCUT2D eigenvalue weighted by molar-refractivity contribution is -0.166. The number of rotatable bonds is 9. The maximum Gasteiger partial charge on any atom is 0.286 e. The van der Waals surface area contributed by atoms with Crippen LogP contribution in [0.4, 0.5) is 0 Å². The van der Waals surface area contributed by atoms with Crippen LogP contribution in [0, 0.1) is 5.92 Å². The molecule has 0 aliphatic carbocycles. The first-order valence-electron chi connectivity index (χ1n) is 11.0. The van der Waals surface area contributed by atoms with Gasteiger partial charge in [0.2, 0.25) is 13.1 Å². The highest BCUT2D eigenvalue weighted by atomic mass is 16.7. The molecule has 0 radical (unpaired) electrons. The monoisotopic (exact) mass is 439 g/mol. The first-order valence-corrected chi connectivity index (χ1v) is 11.0. The molecule has 2 N–H and O–H groups in total. The molecule has 170 valence electrons. The van der Waals surface area contributed by atoms with E-state index in [9.17, 15) is 9.90 Å². The maximum absolute atomic E-state index is 13.0. The van der Waals surface area contributed by atoms with Crippen LogP contribution in [-0.4, -0.2) is 37.3 Å². The van der Waals surface area contributed by atoms with Crippen molar-refractivity contribution in [1.82, 2.24) is 5.32 Å². The quantitative estimate of drug-likeness (QED) is 0.622. The van der Waals surface area contributed by atoms with Crippen molar-refractivity contribution < 1.29 is 28.8 Å². The Balaban J connectivity index is 1.61. The number of aliphatic hydroxyl groups is 1.